The molecule has 1 N–H and O–H groups in total. The zero-order valence-corrected chi connectivity index (χ0v) is 20.1. The highest BCUT2D eigenvalue weighted by Crippen LogP contribution is 2.29. The van der Waals surface area contributed by atoms with Crippen LogP contribution >= 0.6 is 11.6 Å². The lowest BCUT2D eigenvalue weighted by atomic mass is 10.00. The van der Waals surface area contributed by atoms with Crippen molar-refractivity contribution in [3.63, 3.8) is 0 Å². The second-order valence-electron chi connectivity index (χ2n) is 8.64. The highest BCUT2D eigenvalue weighted by atomic mass is 35.5. The molecule has 3 aromatic carbocycles. The van der Waals surface area contributed by atoms with Crippen LogP contribution in [0.3, 0.4) is 0 Å². The van der Waals surface area contributed by atoms with Gasteiger partial charge in [-0.15, -0.1) is 0 Å². The van der Waals surface area contributed by atoms with Crippen molar-refractivity contribution in [2.24, 2.45) is 0 Å². The second-order valence-corrected chi connectivity index (χ2v) is 9.08. The van der Waals surface area contributed by atoms with Gasteiger partial charge in [-0.3, -0.25) is 9.69 Å². The van der Waals surface area contributed by atoms with Crippen LogP contribution in [0.25, 0.3) is 11.1 Å². The van der Waals surface area contributed by atoms with Crippen molar-refractivity contribution in [1.29, 1.82) is 0 Å². The minimum absolute atomic E-state index is 0.0843. The van der Waals surface area contributed by atoms with Crippen molar-refractivity contribution < 1.29 is 14.3 Å². The topological polar surface area (TPSA) is 61.9 Å². The van der Waals surface area contributed by atoms with Crippen molar-refractivity contribution in [3.8, 4) is 11.1 Å². The number of benzene rings is 3. The van der Waals surface area contributed by atoms with Gasteiger partial charge in [0, 0.05) is 30.2 Å². The van der Waals surface area contributed by atoms with E-state index in [2.05, 4.69) is 5.32 Å². The number of carbonyl (C=O) groups excluding carboxylic acids is 2. The number of carbonyl (C=O) groups is 2. The molecule has 1 aliphatic rings. The number of nitrogens with zero attached hydrogens (tertiary/aromatic N) is 2. The van der Waals surface area contributed by atoms with E-state index in [9.17, 15) is 9.59 Å². The number of rotatable bonds is 8. The molecular formula is C27H28ClN3O3. The number of nitrogens with one attached hydrogen (secondary N) is 1. The molecule has 1 fully saturated rings. The summed E-state index contributed by atoms with van der Waals surface area (Å²) in [7, 11) is 3.94. The lowest BCUT2D eigenvalue weighted by Crippen LogP contribution is -2.31. The van der Waals surface area contributed by atoms with E-state index >= 15 is 0 Å². The lowest BCUT2D eigenvalue weighted by Gasteiger charge is -2.13. The first-order valence-corrected chi connectivity index (χ1v) is 11.6. The molecule has 0 radical (unpaired) electrons. The minimum Gasteiger partial charge on any atom is -0.439 e. The van der Waals surface area contributed by atoms with Crippen LogP contribution in [0.15, 0.2) is 72.8 Å². The van der Waals surface area contributed by atoms with Gasteiger partial charge in [-0.05, 0) is 60.6 Å². The molecule has 7 heteroatoms. The molecule has 1 aliphatic heterocycles. The number of amides is 2. The molecule has 6 nitrogen and oxygen atoms in total. The quantitative estimate of drug-likeness (QED) is 0.496. The summed E-state index contributed by atoms with van der Waals surface area (Å²) in [6, 6.07) is 23.0. The molecule has 3 aromatic rings. The third kappa shape index (κ3) is 5.95. The summed E-state index contributed by atoms with van der Waals surface area (Å²) in [6.45, 7) is 2.35. The number of likely N-dealkylation sites (N-methyl/N-ethyl adjacent to an activating group) is 1. The molecule has 34 heavy (non-hydrogen) atoms. The monoisotopic (exact) mass is 477 g/mol. The molecule has 176 valence electrons. The minimum atomic E-state index is -0.322. The number of hydrogen-bond acceptors (Lipinski definition) is 4. The average Bonchev–Trinajstić information content (AvgIpc) is 3.20. The molecule has 4 rings (SSSR count). The van der Waals surface area contributed by atoms with Crippen LogP contribution in [0.5, 0.6) is 0 Å². The Bertz CT molecular complexity index is 1150. The van der Waals surface area contributed by atoms with E-state index in [0.29, 0.717) is 30.2 Å². The molecule has 0 saturated carbocycles. The van der Waals surface area contributed by atoms with Crippen LogP contribution in [0.2, 0.25) is 5.02 Å². The number of cyclic esters (lactones) is 1. The number of halogens is 1. The summed E-state index contributed by atoms with van der Waals surface area (Å²) in [5.74, 6) is -0.0843. The predicted octanol–water partition coefficient (Wildman–Crippen LogP) is 4.99. The third-order valence-electron chi connectivity index (χ3n) is 5.76. The summed E-state index contributed by atoms with van der Waals surface area (Å²) in [5, 5.41) is 3.61. The van der Waals surface area contributed by atoms with Crippen LogP contribution in [-0.4, -0.2) is 55.5 Å². The van der Waals surface area contributed by atoms with Crippen LogP contribution in [0, 0.1) is 0 Å². The van der Waals surface area contributed by atoms with E-state index in [1.54, 1.807) is 4.90 Å². The van der Waals surface area contributed by atoms with Gasteiger partial charge in [-0.25, -0.2) is 4.79 Å². The van der Waals surface area contributed by atoms with Gasteiger partial charge in [-0.1, -0.05) is 60.1 Å². The van der Waals surface area contributed by atoms with E-state index in [-0.39, 0.29) is 18.1 Å². The Labute approximate surface area is 205 Å². The normalized spacial score (nSPS) is 15.5. The summed E-state index contributed by atoms with van der Waals surface area (Å²) >= 11 is 5.95. The van der Waals surface area contributed by atoms with Gasteiger partial charge in [0.25, 0.3) is 5.91 Å². The van der Waals surface area contributed by atoms with Crippen molar-refractivity contribution in [1.82, 2.24) is 15.1 Å². The fourth-order valence-electron chi connectivity index (χ4n) is 3.85. The zero-order chi connectivity index (χ0) is 24.1. The molecule has 0 aromatic heterocycles. The summed E-state index contributed by atoms with van der Waals surface area (Å²) in [4.78, 5) is 28.5. The SMILES string of the molecule is CN(C)CCNC(=O)c1cccc(-c2ccc(C3CN(Cc4ccc(Cl)cc4)C(=O)O3)cc2)c1. The Morgan fingerprint density at radius 2 is 1.79 bits per heavy atom. The lowest BCUT2D eigenvalue weighted by molar-refractivity contribution is 0.0951. The maximum atomic E-state index is 12.5. The van der Waals surface area contributed by atoms with Gasteiger partial charge in [-0.2, -0.15) is 0 Å². The molecule has 1 unspecified atom stereocenters. The molecule has 1 atom stereocenters. The Morgan fingerprint density at radius 1 is 1.06 bits per heavy atom. The van der Waals surface area contributed by atoms with E-state index < -0.39 is 0 Å². The second kappa shape index (κ2) is 10.7. The molecule has 0 aliphatic carbocycles. The van der Waals surface area contributed by atoms with Gasteiger partial charge in [0.05, 0.1) is 6.54 Å². The zero-order valence-electron chi connectivity index (χ0n) is 19.3. The van der Waals surface area contributed by atoms with Crippen LogP contribution in [-0.2, 0) is 11.3 Å². The van der Waals surface area contributed by atoms with Gasteiger partial charge in [0.1, 0.15) is 6.10 Å². The molecule has 2 amide bonds. The maximum Gasteiger partial charge on any atom is 0.410 e. The number of hydrogen-bond donors (Lipinski definition) is 1. The third-order valence-corrected chi connectivity index (χ3v) is 6.01. The first-order chi connectivity index (χ1) is 16.4. The summed E-state index contributed by atoms with van der Waals surface area (Å²) in [6.07, 6.45) is -0.639. The highest BCUT2D eigenvalue weighted by Gasteiger charge is 2.32. The first-order valence-electron chi connectivity index (χ1n) is 11.2. The van der Waals surface area contributed by atoms with Crippen molar-refractivity contribution in [2.75, 3.05) is 33.7 Å². The van der Waals surface area contributed by atoms with Crippen molar-refractivity contribution in [2.45, 2.75) is 12.6 Å². The van der Waals surface area contributed by atoms with Gasteiger partial charge in [0.15, 0.2) is 0 Å². The molecule has 0 bridgehead atoms. The molecule has 1 saturated heterocycles. The highest BCUT2D eigenvalue weighted by molar-refractivity contribution is 6.30. The average molecular weight is 478 g/mol. The maximum absolute atomic E-state index is 12.5. The van der Waals surface area contributed by atoms with E-state index in [4.69, 9.17) is 16.3 Å². The van der Waals surface area contributed by atoms with Gasteiger partial charge >= 0.3 is 6.09 Å². The van der Waals surface area contributed by atoms with E-state index in [0.717, 1.165) is 28.8 Å². The fourth-order valence-corrected chi connectivity index (χ4v) is 3.97. The van der Waals surface area contributed by atoms with E-state index in [1.165, 1.54) is 0 Å². The first kappa shape index (κ1) is 23.8. The van der Waals surface area contributed by atoms with Crippen molar-refractivity contribution in [3.05, 3.63) is 94.5 Å². The van der Waals surface area contributed by atoms with Crippen LogP contribution in [0.4, 0.5) is 4.79 Å². The Morgan fingerprint density at radius 3 is 2.50 bits per heavy atom. The molecular weight excluding hydrogens is 450 g/mol. The summed E-state index contributed by atoms with van der Waals surface area (Å²) < 4.78 is 5.61. The standard InChI is InChI=1S/C27H28ClN3O3/c1-30(2)15-14-29-26(32)23-5-3-4-22(16-23)20-8-10-21(11-9-20)25-18-31(27(33)34-25)17-19-6-12-24(28)13-7-19/h3-13,16,25H,14-15,17-18H2,1-2H3,(H,29,32). The van der Waals surface area contributed by atoms with Crippen LogP contribution in [0.1, 0.15) is 27.6 Å². The summed E-state index contributed by atoms with van der Waals surface area (Å²) in [5.41, 5.74) is 4.52. The number of ether oxygens (including phenoxy) is 1. The molecule has 0 spiro atoms. The Kier molecular flexibility index (Phi) is 7.50. The molecule has 1 heterocycles. The van der Waals surface area contributed by atoms with Crippen molar-refractivity contribution >= 4 is 23.6 Å². The predicted molar refractivity (Wildman–Crippen MR) is 134 cm³/mol. The van der Waals surface area contributed by atoms with Gasteiger partial charge in [0.2, 0.25) is 0 Å². The Hall–Kier alpha value is -3.35. The smallest absolute Gasteiger partial charge is 0.410 e. The van der Waals surface area contributed by atoms with E-state index in [1.807, 2.05) is 91.8 Å². The fraction of sp³-hybridized carbons (Fsp3) is 0.259. The Balaban J connectivity index is 1.40. The largest absolute Gasteiger partial charge is 0.439 e. The van der Waals surface area contributed by atoms with Gasteiger partial charge < -0.3 is 15.0 Å². The van der Waals surface area contributed by atoms with Crippen LogP contribution < -0.4 is 5.32 Å².